The molecule has 0 N–H and O–H groups in total. The maximum absolute atomic E-state index is 11.5. The monoisotopic (exact) mass is 263 g/mol. The third-order valence-corrected chi connectivity index (χ3v) is 2.66. The van der Waals surface area contributed by atoms with Gasteiger partial charge in [-0.3, -0.25) is 4.90 Å². The number of benzene rings is 1. The molecule has 0 heterocycles. The van der Waals surface area contributed by atoms with E-state index in [1.54, 1.807) is 14.0 Å². The summed E-state index contributed by atoms with van der Waals surface area (Å²) in [6, 6.07) is 7.82. The van der Waals surface area contributed by atoms with Crippen LogP contribution in [0.5, 0.6) is 5.75 Å². The molecule has 0 unspecified atom stereocenters. The molecule has 4 nitrogen and oxygen atoms in total. The van der Waals surface area contributed by atoms with Crippen LogP contribution in [0.15, 0.2) is 36.4 Å². The summed E-state index contributed by atoms with van der Waals surface area (Å²) in [6.07, 6.45) is 0. The Morgan fingerprint density at radius 3 is 2.68 bits per heavy atom. The zero-order valence-corrected chi connectivity index (χ0v) is 11.8. The van der Waals surface area contributed by atoms with Crippen molar-refractivity contribution < 1.29 is 14.3 Å². The number of para-hydroxylation sites is 1. The van der Waals surface area contributed by atoms with Crippen LogP contribution < -0.4 is 4.74 Å². The van der Waals surface area contributed by atoms with E-state index in [2.05, 4.69) is 6.58 Å². The van der Waals surface area contributed by atoms with Gasteiger partial charge < -0.3 is 9.47 Å². The molecule has 0 radical (unpaired) electrons. The fraction of sp³-hybridized carbons (Fsp3) is 0.400. The van der Waals surface area contributed by atoms with Crippen LogP contribution in [0, 0.1) is 0 Å². The second kappa shape index (κ2) is 7.59. The van der Waals surface area contributed by atoms with E-state index < -0.39 is 0 Å². The number of esters is 1. The van der Waals surface area contributed by atoms with Crippen molar-refractivity contribution in [2.45, 2.75) is 13.5 Å². The van der Waals surface area contributed by atoms with Gasteiger partial charge in [-0.25, -0.2) is 4.79 Å². The summed E-state index contributed by atoms with van der Waals surface area (Å²) in [7, 11) is 3.58. The van der Waals surface area contributed by atoms with E-state index in [1.807, 2.05) is 36.2 Å². The lowest BCUT2D eigenvalue weighted by atomic mass is 10.2. The van der Waals surface area contributed by atoms with Crippen molar-refractivity contribution in [3.8, 4) is 5.75 Å². The maximum atomic E-state index is 11.5. The summed E-state index contributed by atoms with van der Waals surface area (Å²) < 4.78 is 10.2. The predicted molar refractivity (Wildman–Crippen MR) is 75.1 cm³/mol. The van der Waals surface area contributed by atoms with Gasteiger partial charge in [0, 0.05) is 24.2 Å². The molecule has 0 aromatic heterocycles. The highest BCUT2D eigenvalue weighted by Crippen LogP contribution is 2.18. The van der Waals surface area contributed by atoms with Gasteiger partial charge in [-0.15, -0.1) is 0 Å². The quantitative estimate of drug-likeness (QED) is 0.558. The zero-order valence-electron chi connectivity index (χ0n) is 11.8. The summed E-state index contributed by atoms with van der Waals surface area (Å²) >= 11 is 0. The number of carbonyl (C=O) groups is 1. The van der Waals surface area contributed by atoms with Crippen molar-refractivity contribution in [2.75, 3.05) is 27.3 Å². The minimum absolute atomic E-state index is 0.339. The van der Waals surface area contributed by atoms with Crippen molar-refractivity contribution in [3.63, 3.8) is 0 Å². The SMILES string of the molecule is C=C(CN(C)Cc1ccccc1OC)C(=O)OCC. The van der Waals surface area contributed by atoms with Crippen LogP contribution in [0.3, 0.4) is 0 Å². The van der Waals surface area contributed by atoms with Crippen molar-refractivity contribution in [1.29, 1.82) is 0 Å². The lowest BCUT2D eigenvalue weighted by molar-refractivity contribution is -0.138. The molecule has 0 aliphatic rings. The molecule has 19 heavy (non-hydrogen) atoms. The molecule has 0 saturated heterocycles. The second-order valence-electron chi connectivity index (χ2n) is 4.31. The number of rotatable bonds is 7. The normalized spacial score (nSPS) is 10.3. The van der Waals surface area contributed by atoms with Gasteiger partial charge in [0.15, 0.2) is 0 Å². The number of methoxy groups -OCH3 is 1. The van der Waals surface area contributed by atoms with Crippen molar-refractivity contribution in [3.05, 3.63) is 42.0 Å². The van der Waals surface area contributed by atoms with Crippen molar-refractivity contribution in [2.24, 2.45) is 0 Å². The fourth-order valence-corrected chi connectivity index (χ4v) is 1.80. The highest BCUT2D eigenvalue weighted by atomic mass is 16.5. The molecule has 0 saturated carbocycles. The molecule has 0 atom stereocenters. The molecule has 0 fully saturated rings. The molecule has 1 aromatic carbocycles. The molecule has 0 spiro atoms. The van der Waals surface area contributed by atoms with Gasteiger partial charge in [0.05, 0.1) is 13.7 Å². The Morgan fingerprint density at radius 2 is 2.05 bits per heavy atom. The summed E-state index contributed by atoms with van der Waals surface area (Å²) in [5.41, 5.74) is 1.53. The van der Waals surface area contributed by atoms with E-state index in [-0.39, 0.29) is 5.97 Å². The highest BCUT2D eigenvalue weighted by molar-refractivity contribution is 5.88. The van der Waals surface area contributed by atoms with Crippen LogP contribution in [0.25, 0.3) is 0 Å². The Balaban J connectivity index is 2.57. The van der Waals surface area contributed by atoms with E-state index in [1.165, 1.54) is 0 Å². The van der Waals surface area contributed by atoms with E-state index in [0.717, 1.165) is 11.3 Å². The van der Waals surface area contributed by atoms with Crippen molar-refractivity contribution in [1.82, 2.24) is 4.90 Å². The van der Waals surface area contributed by atoms with Gasteiger partial charge in [-0.05, 0) is 20.0 Å². The smallest absolute Gasteiger partial charge is 0.334 e. The highest BCUT2D eigenvalue weighted by Gasteiger charge is 2.12. The summed E-state index contributed by atoms with van der Waals surface area (Å²) in [5.74, 6) is 0.505. The third kappa shape index (κ3) is 4.75. The Hall–Kier alpha value is -1.81. The van der Waals surface area contributed by atoms with Gasteiger partial charge in [0.25, 0.3) is 0 Å². The van der Waals surface area contributed by atoms with Crippen LogP contribution >= 0.6 is 0 Å². The average molecular weight is 263 g/mol. The minimum atomic E-state index is -0.339. The maximum Gasteiger partial charge on any atom is 0.334 e. The number of hydrogen-bond acceptors (Lipinski definition) is 4. The molecule has 4 heteroatoms. The first-order valence-electron chi connectivity index (χ1n) is 6.23. The Kier molecular flexibility index (Phi) is 6.09. The molecule has 1 aromatic rings. The van der Waals surface area contributed by atoms with Gasteiger partial charge in [0.1, 0.15) is 5.75 Å². The predicted octanol–water partition coefficient (Wildman–Crippen LogP) is 2.25. The molecule has 0 bridgehead atoms. The molecule has 0 aliphatic carbocycles. The van der Waals surface area contributed by atoms with Crippen molar-refractivity contribution >= 4 is 5.97 Å². The lowest BCUT2D eigenvalue weighted by Gasteiger charge is -2.18. The number of hydrogen-bond donors (Lipinski definition) is 0. The lowest BCUT2D eigenvalue weighted by Crippen LogP contribution is -2.24. The first kappa shape index (κ1) is 15.2. The third-order valence-electron chi connectivity index (χ3n) is 2.66. The first-order valence-corrected chi connectivity index (χ1v) is 6.23. The van der Waals surface area contributed by atoms with E-state index in [9.17, 15) is 4.79 Å². The number of likely N-dealkylation sites (N-methyl/N-ethyl adjacent to an activating group) is 1. The Bertz CT molecular complexity index is 443. The van der Waals surface area contributed by atoms with Crippen LogP contribution in [0.1, 0.15) is 12.5 Å². The number of ether oxygens (including phenoxy) is 2. The Morgan fingerprint density at radius 1 is 1.37 bits per heavy atom. The van der Waals surface area contributed by atoms with Gasteiger partial charge in [0.2, 0.25) is 0 Å². The van der Waals surface area contributed by atoms with E-state index >= 15 is 0 Å². The number of carbonyl (C=O) groups excluding carboxylic acids is 1. The topological polar surface area (TPSA) is 38.8 Å². The van der Waals surface area contributed by atoms with Crippen LogP contribution in [0.2, 0.25) is 0 Å². The summed E-state index contributed by atoms with van der Waals surface area (Å²) in [4.78, 5) is 13.5. The summed E-state index contributed by atoms with van der Waals surface area (Å²) in [6.45, 7) is 7.05. The largest absolute Gasteiger partial charge is 0.496 e. The fourth-order valence-electron chi connectivity index (χ4n) is 1.80. The molecule has 0 aliphatic heterocycles. The first-order chi connectivity index (χ1) is 9.08. The Labute approximate surface area is 114 Å². The molecule has 104 valence electrons. The molecule has 0 amide bonds. The van der Waals surface area contributed by atoms with E-state index in [4.69, 9.17) is 9.47 Å². The van der Waals surface area contributed by atoms with Gasteiger partial charge in [-0.2, -0.15) is 0 Å². The van der Waals surface area contributed by atoms with Crippen LogP contribution in [-0.4, -0.2) is 38.2 Å². The molecule has 1 rings (SSSR count). The second-order valence-corrected chi connectivity index (χ2v) is 4.31. The van der Waals surface area contributed by atoms with E-state index in [0.29, 0.717) is 25.3 Å². The van der Waals surface area contributed by atoms with Crippen LogP contribution in [0.4, 0.5) is 0 Å². The molecular weight excluding hydrogens is 242 g/mol. The van der Waals surface area contributed by atoms with Gasteiger partial charge >= 0.3 is 5.97 Å². The minimum Gasteiger partial charge on any atom is -0.496 e. The molecular formula is C15H21NO3. The standard InChI is InChI=1S/C15H21NO3/c1-5-19-15(17)12(2)10-16(3)11-13-8-6-7-9-14(13)18-4/h6-9H,2,5,10-11H2,1,3-4H3. The van der Waals surface area contributed by atoms with Gasteiger partial charge in [-0.1, -0.05) is 24.8 Å². The average Bonchev–Trinajstić information content (AvgIpc) is 2.39. The number of nitrogens with zero attached hydrogens (tertiary/aromatic N) is 1. The zero-order chi connectivity index (χ0) is 14.3. The summed E-state index contributed by atoms with van der Waals surface area (Å²) in [5, 5.41) is 0. The van der Waals surface area contributed by atoms with Crippen LogP contribution in [-0.2, 0) is 16.1 Å².